The van der Waals surface area contributed by atoms with Gasteiger partial charge in [-0.25, -0.2) is 0 Å². The van der Waals surface area contributed by atoms with E-state index in [4.69, 9.17) is 33.3 Å². The maximum Gasteiger partial charge on any atom is 0.264 e. The number of benzene rings is 4. The highest BCUT2D eigenvalue weighted by Crippen LogP contribution is 2.28. The third-order valence-electron chi connectivity index (χ3n) is 5.70. The van der Waals surface area contributed by atoms with Gasteiger partial charge in [-0.05, 0) is 66.5 Å². The number of anilines is 1. The highest BCUT2D eigenvalue weighted by Gasteiger charge is 2.13. The molecule has 0 unspecified atom stereocenters. The summed E-state index contributed by atoms with van der Waals surface area (Å²) in [5.74, 6) is 0.837. The molecule has 0 spiro atoms. The Morgan fingerprint density at radius 1 is 1.00 bits per heavy atom. The van der Waals surface area contributed by atoms with E-state index in [0.29, 0.717) is 38.9 Å². The molecule has 10 heteroatoms. The number of fused-ring (bicyclic) bond motifs is 2. The van der Waals surface area contributed by atoms with Gasteiger partial charge in [-0.1, -0.05) is 48.0 Å². The minimum atomic E-state index is -0.369. The molecule has 5 rings (SSSR count). The molecule has 4 aromatic carbocycles. The van der Waals surface area contributed by atoms with Crippen molar-refractivity contribution in [3.63, 3.8) is 0 Å². The minimum absolute atomic E-state index is 0.156. The number of carbonyl (C=O) groups is 1. The van der Waals surface area contributed by atoms with Crippen LogP contribution in [0.15, 0.2) is 72.8 Å². The van der Waals surface area contributed by atoms with Crippen molar-refractivity contribution in [2.24, 2.45) is 0 Å². The Labute approximate surface area is 223 Å². The number of amides is 1. The molecule has 0 saturated carbocycles. The van der Waals surface area contributed by atoms with Gasteiger partial charge in [0.05, 0.1) is 17.8 Å². The number of ether oxygens (including phenoxy) is 2. The minimum Gasteiger partial charge on any atom is -0.495 e. The molecule has 5 aromatic rings. The summed E-state index contributed by atoms with van der Waals surface area (Å²) in [5.41, 5.74) is 3.63. The van der Waals surface area contributed by atoms with E-state index in [9.17, 15) is 4.79 Å². The Kier molecular flexibility index (Phi) is 6.89. The average molecular weight is 532 g/mol. The second-order valence-corrected chi connectivity index (χ2v) is 9.05. The summed E-state index contributed by atoms with van der Waals surface area (Å²) in [6.45, 7) is 1.74. The smallest absolute Gasteiger partial charge is 0.264 e. The van der Waals surface area contributed by atoms with Crippen molar-refractivity contribution in [1.82, 2.24) is 20.3 Å². The van der Waals surface area contributed by atoms with Crippen LogP contribution in [0.2, 0.25) is 5.02 Å². The third-order valence-corrected chi connectivity index (χ3v) is 6.20. The highest BCUT2D eigenvalue weighted by molar-refractivity contribution is 7.80. The van der Waals surface area contributed by atoms with Crippen LogP contribution in [0.4, 0.5) is 5.69 Å². The number of thiocarbonyl (C=S) groups is 1. The number of hydrogen-bond donors (Lipinski definition) is 2. The number of aryl methyl sites for hydroxylation is 1. The van der Waals surface area contributed by atoms with Crippen molar-refractivity contribution in [1.29, 1.82) is 0 Å². The van der Waals surface area contributed by atoms with Gasteiger partial charge in [-0.15, -0.1) is 10.2 Å². The van der Waals surface area contributed by atoms with E-state index in [2.05, 4.69) is 20.8 Å². The fraction of sp³-hybridized carbons (Fsp3) is 0.111. The maximum atomic E-state index is 12.5. The predicted molar refractivity (Wildman–Crippen MR) is 149 cm³/mol. The van der Waals surface area contributed by atoms with Crippen LogP contribution >= 0.6 is 23.8 Å². The van der Waals surface area contributed by atoms with Crippen LogP contribution in [0.25, 0.3) is 27.5 Å². The molecule has 1 heterocycles. The summed E-state index contributed by atoms with van der Waals surface area (Å²) >= 11 is 11.6. The summed E-state index contributed by atoms with van der Waals surface area (Å²) < 4.78 is 10.9. The Bertz CT molecular complexity index is 1650. The van der Waals surface area contributed by atoms with Gasteiger partial charge in [0.15, 0.2) is 11.7 Å². The molecule has 8 nitrogen and oxygen atoms in total. The fourth-order valence-electron chi connectivity index (χ4n) is 3.88. The number of carbonyl (C=O) groups excluding carboxylic acids is 1. The zero-order valence-electron chi connectivity index (χ0n) is 20.0. The van der Waals surface area contributed by atoms with Crippen molar-refractivity contribution in [2.45, 2.75) is 6.92 Å². The van der Waals surface area contributed by atoms with Gasteiger partial charge in [0.2, 0.25) is 0 Å². The molecule has 0 saturated heterocycles. The molecule has 0 aliphatic heterocycles. The molecular formula is C27H22ClN5O3S. The second kappa shape index (κ2) is 10.4. The number of nitrogens with one attached hydrogen (secondary N) is 2. The molecule has 0 radical (unpaired) electrons. The molecular weight excluding hydrogens is 510 g/mol. The summed E-state index contributed by atoms with van der Waals surface area (Å²) in [5, 5.41) is 17.4. The highest BCUT2D eigenvalue weighted by atomic mass is 35.5. The molecule has 186 valence electrons. The standard InChI is InChI=1S/C27H22ClN5O3S/c1-16-12-22-23(32-33(31-22)18-10-11-25(35-2)20(28)13-18)14-21(16)29-27(37)30-26(34)15-36-24-9-5-7-17-6-3-4-8-19(17)24/h3-14H,15H2,1-2H3,(H2,29,30,34,37). The monoisotopic (exact) mass is 531 g/mol. The van der Waals surface area contributed by atoms with Crippen LogP contribution in [-0.2, 0) is 4.79 Å². The van der Waals surface area contributed by atoms with Crippen LogP contribution < -0.4 is 20.1 Å². The summed E-state index contributed by atoms with van der Waals surface area (Å²) in [6.07, 6.45) is 0. The maximum absolute atomic E-state index is 12.5. The first-order valence-electron chi connectivity index (χ1n) is 11.3. The van der Waals surface area contributed by atoms with E-state index in [1.807, 2.05) is 67.6 Å². The molecule has 0 aliphatic rings. The SMILES string of the molecule is COc1ccc(-n2nc3cc(C)c(NC(=S)NC(=O)COc4cccc5ccccc45)cc3n2)cc1Cl. The first-order valence-corrected chi connectivity index (χ1v) is 12.1. The van der Waals surface area contributed by atoms with Gasteiger partial charge in [0.1, 0.15) is 22.5 Å². The van der Waals surface area contributed by atoms with Crippen LogP contribution in [0.1, 0.15) is 5.56 Å². The first-order chi connectivity index (χ1) is 17.9. The normalized spacial score (nSPS) is 10.9. The topological polar surface area (TPSA) is 90.3 Å². The van der Waals surface area contributed by atoms with E-state index in [0.717, 1.165) is 16.3 Å². The van der Waals surface area contributed by atoms with E-state index in [1.165, 1.54) is 4.80 Å². The molecule has 0 bridgehead atoms. The Morgan fingerprint density at radius 3 is 2.54 bits per heavy atom. The molecule has 0 aliphatic carbocycles. The number of methoxy groups -OCH3 is 1. The van der Waals surface area contributed by atoms with E-state index in [-0.39, 0.29) is 17.6 Å². The fourth-order valence-corrected chi connectivity index (χ4v) is 4.35. The van der Waals surface area contributed by atoms with Gasteiger partial charge in [0, 0.05) is 11.1 Å². The van der Waals surface area contributed by atoms with Crippen molar-refractivity contribution in [3.05, 3.63) is 83.4 Å². The molecule has 1 amide bonds. The zero-order chi connectivity index (χ0) is 25.9. The van der Waals surface area contributed by atoms with Crippen molar-refractivity contribution in [3.8, 4) is 17.2 Å². The quantitative estimate of drug-likeness (QED) is 0.282. The largest absolute Gasteiger partial charge is 0.495 e. The Balaban J connectivity index is 1.25. The number of hydrogen-bond acceptors (Lipinski definition) is 6. The molecule has 0 atom stereocenters. The van der Waals surface area contributed by atoms with Crippen LogP contribution in [0.5, 0.6) is 11.5 Å². The van der Waals surface area contributed by atoms with Gasteiger partial charge >= 0.3 is 0 Å². The lowest BCUT2D eigenvalue weighted by atomic mass is 10.1. The zero-order valence-corrected chi connectivity index (χ0v) is 21.6. The Hall–Kier alpha value is -4.21. The number of rotatable bonds is 6. The van der Waals surface area contributed by atoms with Gasteiger partial charge in [-0.2, -0.15) is 4.80 Å². The van der Waals surface area contributed by atoms with Crippen molar-refractivity contribution in [2.75, 3.05) is 19.0 Å². The summed E-state index contributed by atoms with van der Waals surface area (Å²) in [6, 6.07) is 22.6. The van der Waals surface area contributed by atoms with E-state index in [1.54, 1.807) is 19.2 Å². The number of halogens is 1. The van der Waals surface area contributed by atoms with Crippen LogP contribution in [0.3, 0.4) is 0 Å². The van der Waals surface area contributed by atoms with Gasteiger partial charge in [0.25, 0.3) is 5.91 Å². The Morgan fingerprint density at radius 2 is 1.76 bits per heavy atom. The molecule has 2 N–H and O–H groups in total. The van der Waals surface area contributed by atoms with E-state index >= 15 is 0 Å². The van der Waals surface area contributed by atoms with Crippen LogP contribution in [-0.4, -0.2) is 39.7 Å². The lowest BCUT2D eigenvalue weighted by Gasteiger charge is -2.13. The summed E-state index contributed by atoms with van der Waals surface area (Å²) in [4.78, 5) is 14.0. The van der Waals surface area contributed by atoms with Crippen molar-refractivity contribution >= 4 is 62.3 Å². The second-order valence-electron chi connectivity index (χ2n) is 8.23. The molecule has 0 fully saturated rings. The summed E-state index contributed by atoms with van der Waals surface area (Å²) in [7, 11) is 1.56. The van der Waals surface area contributed by atoms with Gasteiger partial charge in [-0.3, -0.25) is 10.1 Å². The van der Waals surface area contributed by atoms with Gasteiger partial charge < -0.3 is 14.8 Å². The molecule has 37 heavy (non-hydrogen) atoms. The molecule has 1 aromatic heterocycles. The van der Waals surface area contributed by atoms with Crippen molar-refractivity contribution < 1.29 is 14.3 Å². The lowest BCUT2D eigenvalue weighted by molar-refractivity contribution is -0.121. The predicted octanol–water partition coefficient (Wildman–Crippen LogP) is 5.44. The number of nitrogens with zero attached hydrogens (tertiary/aromatic N) is 3. The van der Waals surface area contributed by atoms with E-state index < -0.39 is 0 Å². The first kappa shape index (κ1) is 24.5. The van der Waals surface area contributed by atoms with Crippen LogP contribution in [0, 0.1) is 6.92 Å². The third kappa shape index (κ3) is 5.32. The average Bonchev–Trinajstić information content (AvgIpc) is 3.30. The number of aromatic nitrogens is 3. The lowest BCUT2D eigenvalue weighted by Crippen LogP contribution is -2.37.